The number of hydrogen-bond acceptors (Lipinski definition) is 6. The van der Waals surface area contributed by atoms with Gasteiger partial charge >= 0.3 is 0 Å². The zero-order chi connectivity index (χ0) is 28.5. The summed E-state index contributed by atoms with van der Waals surface area (Å²) in [6, 6.07) is 15.1. The summed E-state index contributed by atoms with van der Waals surface area (Å²) in [5, 5.41) is 19.7. The molecule has 0 radical (unpaired) electrons. The molecule has 1 aromatic heterocycles. The Morgan fingerprint density at radius 3 is 2.54 bits per heavy atom. The number of amides is 1. The van der Waals surface area contributed by atoms with Crippen molar-refractivity contribution < 1.29 is 23.8 Å². The molecule has 8 nitrogen and oxygen atoms in total. The number of aromatic nitrogens is 2. The maximum atomic E-state index is 13.3. The third-order valence-electron chi connectivity index (χ3n) is 7.53. The van der Waals surface area contributed by atoms with Crippen LogP contribution in [0.4, 0.5) is 4.39 Å². The lowest BCUT2D eigenvalue weighted by Crippen LogP contribution is -2.48. The van der Waals surface area contributed by atoms with Gasteiger partial charge in [0.2, 0.25) is 5.78 Å². The number of rotatable bonds is 10. The van der Waals surface area contributed by atoms with E-state index in [2.05, 4.69) is 15.3 Å². The van der Waals surface area contributed by atoms with Crippen LogP contribution in [0.3, 0.4) is 0 Å². The van der Waals surface area contributed by atoms with E-state index in [1.807, 2.05) is 0 Å². The molecule has 1 aliphatic carbocycles. The van der Waals surface area contributed by atoms with Crippen molar-refractivity contribution in [1.82, 2.24) is 20.0 Å². The highest BCUT2D eigenvalue weighted by atomic mass is 35.5. The topological polar surface area (TPSA) is 96.7 Å². The van der Waals surface area contributed by atoms with Gasteiger partial charge in [-0.05, 0) is 98.9 Å². The van der Waals surface area contributed by atoms with Crippen LogP contribution in [-0.2, 0) is 4.79 Å². The monoisotopic (exact) mass is 576 g/mol. The number of ketones is 1. The van der Waals surface area contributed by atoms with Crippen LogP contribution >= 0.6 is 11.6 Å². The van der Waals surface area contributed by atoms with Crippen molar-refractivity contribution in [2.45, 2.75) is 43.9 Å². The molecule has 0 spiro atoms. The van der Waals surface area contributed by atoms with Crippen LogP contribution in [0.25, 0.3) is 16.6 Å². The van der Waals surface area contributed by atoms with E-state index in [0.717, 1.165) is 38.8 Å². The van der Waals surface area contributed by atoms with Gasteiger partial charge in [-0.15, -0.1) is 0 Å². The summed E-state index contributed by atoms with van der Waals surface area (Å²) in [4.78, 5) is 28.6. The van der Waals surface area contributed by atoms with Crippen LogP contribution < -0.4 is 10.1 Å². The first-order chi connectivity index (χ1) is 19.8. The molecular formula is C31H30ClFN4O4. The lowest BCUT2D eigenvalue weighted by Gasteiger charge is -2.28. The van der Waals surface area contributed by atoms with Gasteiger partial charge in [-0.25, -0.2) is 9.07 Å². The summed E-state index contributed by atoms with van der Waals surface area (Å²) in [7, 11) is 0. The van der Waals surface area contributed by atoms with Crippen molar-refractivity contribution >= 4 is 34.2 Å². The number of halogens is 2. The lowest BCUT2D eigenvalue weighted by molar-refractivity contribution is -0.118. The highest BCUT2D eigenvalue weighted by molar-refractivity contribution is 6.43. The fourth-order valence-electron chi connectivity index (χ4n) is 5.12. The van der Waals surface area contributed by atoms with Crippen LogP contribution in [0.2, 0.25) is 5.02 Å². The number of benzene rings is 3. The molecule has 1 saturated heterocycles. The highest BCUT2D eigenvalue weighted by Gasteiger charge is 2.30. The van der Waals surface area contributed by atoms with Crippen molar-refractivity contribution in [1.29, 1.82) is 0 Å². The molecule has 0 unspecified atom stereocenters. The molecule has 0 bridgehead atoms. The van der Waals surface area contributed by atoms with Crippen LogP contribution in [-0.4, -0.2) is 63.3 Å². The van der Waals surface area contributed by atoms with Crippen LogP contribution in [0.15, 0.2) is 66.9 Å². The van der Waals surface area contributed by atoms with Crippen LogP contribution in [0.1, 0.15) is 47.7 Å². The smallest absolute Gasteiger partial charge is 0.292 e. The van der Waals surface area contributed by atoms with Gasteiger partial charge in [-0.1, -0.05) is 17.7 Å². The van der Waals surface area contributed by atoms with E-state index in [9.17, 15) is 19.1 Å². The third kappa shape index (κ3) is 6.27. The first kappa shape index (κ1) is 27.4. The second-order valence-electron chi connectivity index (χ2n) is 10.7. The van der Waals surface area contributed by atoms with Crippen molar-refractivity contribution in [2.24, 2.45) is 0 Å². The summed E-state index contributed by atoms with van der Waals surface area (Å²) in [6.45, 7) is 2.11. The van der Waals surface area contributed by atoms with Crippen molar-refractivity contribution in [3.8, 4) is 11.4 Å². The molecule has 2 heterocycles. The van der Waals surface area contributed by atoms with Gasteiger partial charge in [0.25, 0.3) is 5.91 Å². The first-order valence-electron chi connectivity index (χ1n) is 13.8. The molecule has 1 amide bonds. The number of Topliss-reactive ketones (excluding diaryl/α,β-unsaturated/α-hetero) is 1. The van der Waals surface area contributed by atoms with E-state index in [-0.39, 0.29) is 17.5 Å². The molecule has 1 aliphatic heterocycles. The molecule has 212 valence electrons. The Balaban J connectivity index is 1.20. The number of hydrogen-bond donors (Lipinski definition) is 2. The second kappa shape index (κ2) is 11.6. The van der Waals surface area contributed by atoms with E-state index >= 15 is 0 Å². The van der Waals surface area contributed by atoms with E-state index in [1.54, 1.807) is 59.4 Å². The molecule has 10 heteroatoms. The fraction of sp³-hybridized carbons (Fsp3) is 0.323. The Morgan fingerprint density at radius 2 is 1.83 bits per heavy atom. The molecule has 3 aromatic carbocycles. The van der Waals surface area contributed by atoms with Crippen molar-refractivity contribution in [2.75, 3.05) is 19.6 Å². The standard InChI is InChI=1S/C31H30ClFN4O4/c32-25-16-20(4-12-28(25)41-24-9-10-24)29(38)27(18-36-13-1-2-14-36)34-31(40)30(39)19-3-11-26-21(15-19)17-37(35-26)23-7-5-22(33)6-8-23/h3-8,11-12,15-17,24,27,29,38H,1-2,9-10,13-14,18H2,(H,34,40)/t27-,29-/m1/s1. The minimum atomic E-state index is -1.09. The molecule has 2 N–H and O–H groups in total. The molecular weight excluding hydrogens is 547 g/mol. The number of nitrogens with zero attached hydrogens (tertiary/aromatic N) is 3. The number of likely N-dealkylation sites (tertiary alicyclic amines) is 1. The molecule has 41 heavy (non-hydrogen) atoms. The number of carbonyl (C=O) groups excluding carboxylic acids is 2. The zero-order valence-electron chi connectivity index (χ0n) is 22.3. The molecule has 1 saturated carbocycles. The van der Waals surface area contributed by atoms with E-state index in [4.69, 9.17) is 16.3 Å². The summed E-state index contributed by atoms with van der Waals surface area (Å²) < 4.78 is 20.7. The lowest BCUT2D eigenvalue weighted by atomic mass is 10.0. The number of aliphatic hydroxyl groups is 1. The second-order valence-corrected chi connectivity index (χ2v) is 11.1. The van der Waals surface area contributed by atoms with Gasteiger partial charge in [0.1, 0.15) is 17.7 Å². The number of fused-ring (bicyclic) bond motifs is 1. The van der Waals surface area contributed by atoms with Gasteiger partial charge < -0.3 is 20.1 Å². The predicted molar refractivity (Wildman–Crippen MR) is 153 cm³/mol. The molecule has 6 rings (SSSR count). The Bertz CT molecular complexity index is 1580. The third-order valence-corrected chi connectivity index (χ3v) is 7.83. The van der Waals surface area contributed by atoms with Crippen LogP contribution in [0.5, 0.6) is 5.75 Å². The number of aliphatic hydroxyl groups excluding tert-OH is 1. The summed E-state index contributed by atoms with van der Waals surface area (Å²) >= 11 is 6.44. The van der Waals surface area contributed by atoms with E-state index in [0.29, 0.717) is 39.5 Å². The fourth-order valence-corrected chi connectivity index (χ4v) is 5.35. The minimum absolute atomic E-state index is 0.188. The molecule has 2 aliphatic rings. The van der Waals surface area contributed by atoms with Gasteiger partial charge in [0, 0.05) is 23.7 Å². The van der Waals surface area contributed by atoms with Crippen molar-refractivity contribution in [3.05, 3.63) is 88.8 Å². The quantitative estimate of drug-likeness (QED) is 0.207. The summed E-state index contributed by atoms with van der Waals surface area (Å²) in [5.41, 5.74) is 2.02. The number of carbonyl (C=O) groups is 2. The Labute approximate surface area is 241 Å². The van der Waals surface area contributed by atoms with Gasteiger partial charge in [-0.3, -0.25) is 9.59 Å². The Kier molecular flexibility index (Phi) is 7.75. The number of nitrogens with one attached hydrogen (secondary N) is 1. The normalized spacial score (nSPS) is 17.0. The number of ether oxygens (including phenoxy) is 1. The van der Waals surface area contributed by atoms with E-state index in [1.165, 1.54) is 12.1 Å². The molecule has 2 fully saturated rings. The predicted octanol–water partition coefficient (Wildman–Crippen LogP) is 4.86. The van der Waals surface area contributed by atoms with Crippen LogP contribution in [0, 0.1) is 5.82 Å². The Morgan fingerprint density at radius 1 is 1.07 bits per heavy atom. The molecule has 2 atom stereocenters. The molecule has 4 aromatic rings. The SMILES string of the molecule is O=C(N[C@H](CN1CCCC1)[C@H](O)c1ccc(OC2CC2)c(Cl)c1)C(=O)c1ccc2nn(-c3ccc(F)cc3)cc2c1. The maximum Gasteiger partial charge on any atom is 0.292 e. The zero-order valence-corrected chi connectivity index (χ0v) is 23.1. The highest BCUT2D eigenvalue weighted by Crippen LogP contribution is 2.34. The van der Waals surface area contributed by atoms with Gasteiger partial charge in [-0.2, -0.15) is 5.10 Å². The van der Waals surface area contributed by atoms with Gasteiger partial charge in [0.05, 0.1) is 28.4 Å². The largest absolute Gasteiger partial charge is 0.489 e. The van der Waals surface area contributed by atoms with Gasteiger partial charge in [0.15, 0.2) is 0 Å². The van der Waals surface area contributed by atoms with E-state index < -0.39 is 23.8 Å². The summed E-state index contributed by atoms with van der Waals surface area (Å²) in [5.74, 6) is -1.30. The Hall–Kier alpha value is -3.79. The maximum absolute atomic E-state index is 13.3. The minimum Gasteiger partial charge on any atom is -0.489 e. The average molecular weight is 577 g/mol. The summed E-state index contributed by atoms with van der Waals surface area (Å²) in [6.07, 6.45) is 4.91. The average Bonchev–Trinajstić information content (AvgIpc) is 3.45. The first-order valence-corrected chi connectivity index (χ1v) is 14.2. The van der Waals surface area contributed by atoms with Crippen molar-refractivity contribution in [3.63, 3.8) is 0 Å².